The van der Waals surface area contributed by atoms with E-state index in [0.29, 0.717) is 18.5 Å². The van der Waals surface area contributed by atoms with Crippen molar-refractivity contribution in [3.63, 3.8) is 0 Å². The highest BCUT2D eigenvalue weighted by Gasteiger charge is 2.46. The molecular formula is C18H22F2N6O. The molecule has 7 nitrogen and oxygen atoms in total. The van der Waals surface area contributed by atoms with E-state index in [1.807, 2.05) is 19.1 Å². The van der Waals surface area contributed by atoms with E-state index in [2.05, 4.69) is 20.6 Å². The van der Waals surface area contributed by atoms with E-state index < -0.39 is 23.9 Å². The normalized spacial score (nSPS) is 21.5. The minimum atomic E-state index is -2.96. The molecule has 9 heteroatoms. The van der Waals surface area contributed by atoms with Gasteiger partial charge in [-0.25, -0.2) is 13.8 Å². The molecule has 3 rings (SSSR count). The lowest BCUT2D eigenvalue weighted by Gasteiger charge is -2.36. The van der Waals surface area contributed by atoms with Gasteiger partial charge in [-0.1, -0.05) is 17.7 Å². The van der Waals surface area contributed by atoms with Gasteiger partial charge in [0.2, 0.25) is 5.95 Å². The molecular weight excluding hydrogens is 354 g/mol. The molecule has 0 bridgehead atoms. The molecule has 0 saturated heterocycles. The van der Waals surface area contributed by atoms with Gasteiger partial charge in [-0.2, -0.15) is 4.98 Å². The predicted octanol–water partition coefficient (Wildman–Crippen LogP) is 2.55. The zero-order valence-electron chi connectivity index (χ0n) is 14.9. The van der Waals surface area contributed by atoms with Crippen molar-refractivity contribution in [3.05, 3.63) is 41.6 Å². The Morgan fingerprint density at radius 1 is 1.30 bits per heavy atom. The van der Waals surface area contributed by atoms with Gasteiger partial charge in [0.05, 0.1) is 0 Å². The number of hydrogen-bond acceptors (Lipinski definition) is 6. The third-order valence-corrected chi connectivity index (χ3v) is 4.58. The van der Waals surface area contributed by atoms with Gasteiger partial charge in [0.15, 0.2) is 0 Å². The minimum Gasteiger partial charge on any atom is -0.365 e. The fraction of sp³-hybridized carbons (Fsp3) is 0.389. The van der Waals surface area contributed by atoms with Crippen LogP contribution in [0.25, 0.3) is 0 Å². The molecule has 1 fully saturated rings. The van der Waals surface area contributed by atoms with Crippen molar-refractivity contribution in [2.75, 3.05) is 10.6 Å². The molecule has 2 aromatic rings. The van der Waals surface area contributed by atoms with E-state index in [0.717, 1.165) is 5.56 Å². The summed E-state index contributed by atoms with van der Waals surface area (Å²) >= 11 is 0. The molecule has 1 aliphatic carbocycles. The Bertz CT molecular complexity index is 827. The molecule has 1 aromatic heterocycles. The smallest absolute Gasteiger partial charge is 0.269 e. The Morgan fingerprint density at radius 2 is 2.00 bits per heavy atom. The second-order valence-corrected chi connectivity index (χ2v) is 6.75. The van der Waals surface area contributed by atoms with Crippen LogP contribution in [0.15, 0.2) is 30.5 Å². The Balaban J connectivity index is 1.88. The summed E-state index contributed by atoms with van der Waals surface area (Å²) in [7, 11) is 0. The van der Waals surface area contributed by atoms with Crippen LogP contribution in [0.5, 0.6) is 0 Å². The molecule has 0 radical (unpaired) electrons. The molecule has 1 aromatic carbocycles. The van der Waals surface area contributed by atoms with Gasteiger partial charge in [0.1, 0.15) is 17.4 Å². The molecule has 1 heterocycles. The maximum atomic E-state index is 14.2. The van der Waals surface area contributed by atoms with Crippen LogP contribution in [0.1, 0.15) is 35.2 Å². The second-order valence-electron chi connectivity index (χ2n) is 6.75. The monoisotopic (exact) mass is 376 g/mol. The number of nitrogens with one attached hydrogen (secondary N) is 2. The van der Waals surface area contributed by atoms with Crippen molar-refractivity contribution in [1.82, 2.24) is 9.97 Å². The number of amides is 1. The van der Waals surface area contributed by atoms with Gasteiger partial charge in [-0.3, -0.25) is 4.79 Å². The van der Waals surface area contributed by atoms with E-state index >= 15 is 0 Å². The van der Waals surface area contributed by atoms with Crippen molar-refractivity contribution < 1.29 is 13.6 Å². The third kappa shape index (κ3) is 4.30. The molecule has 0 spiro atoms. The lowest BCUT2D eigenvalue weighted by atomic mass is 9.87. The maximum Gasteiger partial charge on any atom is 0.269 e. The van der Waals surface area contributed by atoms with Crippen LogP contribution >= 0.6 is 0 Å². The first-order chi connectivity index (χ1) is 12.8. The fourth-order valence-electron chi connectivity index (χ4n) is 3.06. The van der Waals surface area contributed by atoms with E-state index in [4.69, 9.17) is 11.5 Å². The first kappa shape index (κ1) is 19.0. The number of primary amides is 1. The van der Waals surface area contributed by atoms with Gasteiger partial charge in [0.25, 0.3) is 11.8 Å². The number of halogens is 2. The number of nitrogens with two attached hydrogens (primary N) is 2. The van der Waals surface area contributed by atoms with Crippen molar-refractivity contribution in [3.8, 4) is 0 Å². The summed E-state index contributed by atoms with van der Waals surface area (Å²) in [5.41, 5.74) is 13.0. The Morgan fingerprint density at radius 3 is 2.63 bits per heavy atom. The number of anilines is 3. The molecule has 27 heavy (non-hydrogen) atoms. The molecule has 1 saturated carbocycles. The lowest BCUT2D eigenvalue weighted by molar-refractivity contribution is -0.0513. The summed E-state index contributed by atoms with van der Waals surface area (Å²) in [5.74, 6) is -3.60. The third-order valence-electron chi connectivity index (χ3n) is 4.58. The number of aromatic nitrogens is 2. The number of aryl methyl sites for hydroxylation is 1. The quantitative estimate of drug-likeness (QED) is 0.637. The standard InChI is InChI=1S/C18H22F2N6O/c1-10-4-6-11(7-5-10)24-16-12(15(22)27)9-23-17(26-16)25-14-13(21)3-2-8-18(14,19)20/h4-7,9,13-14H,2-3,8,21H2,1H3,(H2,22,27)(H2,23,24,25,26)/t13-,14-/m0/s1. The van der Waals surface area contributed by atoms with E-state index in [9.17, 15) is 13.6 Å². The van der Waals surface area contributed by atoms with Crippen LogP contribution in [-0.2, 0) is 0 Å². The summed E-state index contributed by atoms with van der Waals surface area (Å²) in [6, 6.07) is 5.38. The number of hydrogen-bond donors (Lipinski definition) is 4. The number of benzene rings is 1. The van der Waals surface area contributed by atoms with E-state index in [-0.39, 0.29) is 23.8 Å². The van der Waals surface area contributed by atoms with Crippen LogP contribution in [0.3, 0.4) is 0 Å². The summed E-state index contributed by atoms with van der Waals surface area (Å²) in [6.07, 6.45) is 1.82. The molecule has 0 unspecified atom stereocenters. The highest BCUT2D eigenvalue weighted by molar-refractivity contribution is 5.98. The van der Waals surface area contributed by atoms with Crippen molar-refractivity contribution in [2.24, 2.45) is 11.5 Å². The van der Waals surface area contributed by atoms with E-state index in [1.54, 1.807) is 12.1 Å². The van der Waals surface area contributed by atoms with Gasteiger partial charge < -0.3 is 22.1 Å². The topological polar surface area (TPSA) is 119 Å². The van der Waals surface area contributed by atoms with Crippen LogP contribution in [-0.4, -0.2) is 33.9 Å². The number of alkyl halides is 2. The molecule has 1 amide bonds. The van der Waals surface area contributed by atoms with Crippen molar-refractivity contribution in [2.45, 2.75) is 44.2 Å². The molecule has 2 atom stereocenters. The highest BCUT2D eigenvalue weighted by Crippen LogP contribution is 2.34. The van der Waals surface area contributed by atoms with Gasteiger partial charge in [0, 0.05) is 24.3 Å². The Kier molecular flexibility index (Phi) is 5.22. The van der Waals surface area contributed by atoms with Gasteiger partial charge >= 0.3 is 0 Å². The number of carbonyl (C=O) groups excluding carboxylic acids is 1. The minimum absolute atomic E-state index is 0.0448. The molecule has 0 aliphatic heterocycles. The average Bonchev–Trinajstić information content (AvgIpc) is 2.60. The molecule has 144 valence electrons. The summed E-state index contributed by atoms with van der Waals surface area (Å²) in [6.45, 7) is 1.94. The van der Waals surface area contributed by atoms with Crippen molar-refractivity contribution in [1.29, 1.82) is 0 Å². The predicted molar refractivity (Wildman–Crippen MR) is 99.2 cm³/mol. The fourth-order valence-corrected chi connectivity index (χ4v) is 3.06. The largest absolute Gasteiger partial charge is 0.365 e. The van der Waals surface area contributed by atoms with Crippen LogP contribution in [0, 0.1) is 6.92 Å². The zero-order chi connectivity index (χ0) is 19.6. The van der Waals surface area contributed by atoms with Crippen LogP contribution in [0.2, 0.25) is 0 Å². The lowest BCUT2D eigenvalue weighted by Crippen LogP contribution is -2.55. The first-order valence-corrected chi connectivity index (χ1v) is 8.67. The summed E-state index contributed by atoms with van der Waals surface area (Å²) in [4.78, 5) is 19.8. The first-order valence-electron chi connectivity index (χ1n) is 8.67. The Hall–Kier alpha value is -2.81. The van der Waals surface area contributed by atoms with Crippen LogP contribution < -0.4 is 22.1 Å². The molecule has 6 N–H and O–H groups in total. The average molecular weight is 376 g/mol. The maximum absolute atomic E-state index is 14.2. The van der Waals surface area contributed by atoms with E-state index in [1.165, 1.54) is 6.20 Å². The van der Waals surface area contributed by atoms with Crippen molar-refractivity contribution >= 4 is 23.4 Å². The summed E-state index contributed by atoms with van der Waals surface area (Å²) in [5, 5.41) is 5.61. The number of carbonyl (C=O) groups is 1. The number of rotatable bonds is 5. The van der Waals surface area contributed by atoms with Gasteiger partial charge in [-0.15, -0.1) is 0 Å². The van der Waals surface area contributed by atoms with Gasteiger partial charge in [-0.05, 0) is 31.9 Å². The zero-order valence-corrected chi connectivity index (χ0v) is 14.9. The highest BCUT2D eigenvalue weighted by atomic mass is 19.3. The van der Waals surface area contributed by atoms with Crippen LogP contribution in [0.4, 0.5) is 26.2 Å². The summed E-state index contributed by atoms with van der Waals surface area (Å²) < 4.78 is 28.4. The second kappa shape index (κ2) is 7.43. The number of nitrogens with zero attached hydrogens (tertiary/aromatic N) is 2. The Labute approximate surface area is 155 Å². The molecule has 1 aliphatic rings. The SMILES string of the molecule is Cc1ccc(Nc2nc(N[C@H]3[C@@H](N)CCCC3(F)F)ncc2C(N)=O)cc1.